The van der Waals surface area contributed by atoms with Crippen molar-refractivity contribution in [3.8, 4) is 0 Å². The van der Waals surface area contributed by atoms with Crippen LogP contribution in [-0.4, -0.2) is 51.0 Å². The minimum atomic E-state index is 0.312. The largest absolute Gasteiger partial charge is 0.377 e. The zero-order chi connectivity index (χ0) is 12.6. The van der Waals surface area contributed by atoms with Gasteiger partial charge in [-0.15, -0.1) is 0 Å². The highest BCUT2D eigenvalue weighted by Crippen LogP contribution is 2.18. The smallest absolute Gasteiger partial charge is 0.191 e. The van der Waals surface area contributed by atoms with E-state index in [2.05, 4.69) is 22.5 Å². The quantitative estimate of drug-likeness (QED) is 0.403. The Labute approximate surface area is 109 Å². The van der Waals surface area contributed by atoms with Crippen LogP contribution in [0, 0.1) is 0 Å². The average molecular weight is 255 g/mol. The van der Waals surface area contributed by atoms with Gasteiger partial charge in [0.2, 0.25) is 0 Å². The van der Waals surface area contributed by atoms with Crippen molar-refractivity contribution in [1.29, 1.82) is 0 Å². The van der Waals surface area contributed by atoms with E-state index in [1.807, 2.05) is 0 Å². The Kier molecular flexibility index (Phi) is 5.74. The van der Waals surface area contributed by atoms with Crippen molar-refractivity contribution in [3.05, 3.63) is 0 Å². The maximum Gasteiger partial charge on any atom is 0.191 e. The van der Waals surface area contributed by atoms with Crippen molar-refractivity contribution in [2.24, 2.45) is 4.99 Å². The molecule has 0 bridgehead atoms. The molecule has 1 heterocycles. The fraction of sp³-hybridized carbons (Fsp3) is 0.923. The first-order valence-electron chi connectivity index (χ1n) is 7.12. The molecule has 104 valence electrons. The fourth-order valence-electron chi connectivity index (χ4n) is 1.95. The lowest BCUT2D eigenvalue weighted by Crippen LogP contribution is -2.38. The monoisotopic (exact) mass is 255 g/mol. The molecule has 2 rings (SSSR count). The Hall–Kier alpha value is -0.810. The van der Waals surface area contributed by atoms with Crippen LogP contribution in [0.4, 0.5) is 0 Å². The molecule has 2 fully saturated rings. The molecule has 5 nitrogen and oxygen atoms in total. The first-order chi connectivity index (χ1) is 8.88. The van der Waals surface area contributed by atoms with Gasteiger partial charge in [0.15, 0.2) is 5.96 Å². The first kappa shape index (κ1) is 13.6. The molecule has 1 saturated carbocycles. The van der Waals surface area contributed by atoms with E-state index in [0.717, 1.165) is 25.5 Å². The molecule has 1 aliphatic heterocycles. The van der Waals surface area contributed by atoms with Crippen LogP contribution in [0.3, 0.4) is 0 Å². The highest BCUT2D eigenvalue weighted by atomic mass is 16.5. The molecule has 1 saturated heterocycles. The molecule has 0 aromatic carbocycles. The maximum atomic E-state index is 5.58. The number of hydrogen-bond donors (Lipinski definition) is 2. The van der Waals surface area contributed by atoms with E-state index < -0.39 is 0 Å². The zero-order valence-corrected chi connectivity index (χ0v) is 11.3. The summed E-state index contributed by atoms with van der Waals surface area (Å²) in [5.74, 6) is 0.917. The van der Waals surface area contributed by atoms with Gasteiger partial charge < -0.3 is 20.1 Å². The summed E-state index contributed by atoms with van der Waals surface area (Å²) in [6, 6.07) is 0.635. The Balaban J connectivity index is 1.55. The van der Waals surface area contributed by atoms with Crippen molar-refractivity contribution in [1.82, 2.24) is 10.6 Å². The summed E-state index contributed by atoms with van der Waals surface area (Å²) in [6.07, 6.45) is 5.14. The average Bonchev–Trinajstić information content (AvgIpc) is 3.03. The number of ether oxygens (including phenoxy) is 2. The van der Waals surface area contributed by atoms with Gasteiger partial charge in [0.25, 0.3) is 0 Å². The summed E-state index contributed by atoms with van der Waals surface area (Å²) in [5, 5.41) is 6.63. The van der Waals surface area contributed by atoms with Crippen LogP contribution in [0.1, 0.15) is 32.6 Å². The third-order valence-electron chi connectivity index (χ3n) is 3.10. The van der Waals surface area contributed by atoms with Crippen LogP contribution in [0.25, 0.3) is 0 Å². The molecular formula is C13H25N3O2. The number of nitrogens with one attached hydrogen (secondary N) is 2. The van der Waals surface area contributed by atoms with E-state index in [0.29, 0.717) is 31.9 Å². The second-order valence-corrected chi connectivity index (χ2v) is 4.89. The molecular weight excluding hydrogens is 230 g/mol. The Morgan fingerprint density at radius 1 is 1.39 bits per heavy atom. The fourth-order valence-corrected chi connectivity index (χ4v) is 1.95. The van der Waals surface area contributed by atoms with Crippen molar-refractivity contribution in [2.75, 3.05) is 32.9 Å². The van der Waals surface area contributed by atoms with E-state index >= 15 is 0 Å². The number of rotatable bonds is 7. The lowest BCUT2D eigenvalue weighted by molar-refractivity contribution is 0.0200. The van der Waals surface area contributed by atoms with Crippen LogP contribution >= 0.6 is 0 Å². The van der Waals surface area contributed by atoms with Crippen LogP contribution in [0.2, 0.25) is 0 Å². The lowest BCUT2D eigenvalue weighted by atomic mass is 10.2. The molecule has 0 aromatic heterocycles. The Bertz CT molecular complexity index is 261. The van der Waals surface area contributed by atoms with Gasteiger partial charge in [0.1, 0.15) is 0 Å². The number of nitrogens with zero attached hydrogens (tertiary/aromatic N) is 1. The summed E-state index contributed by atoms with van der Waals surface area (Å²) in [5.41, 5.74) is 0. The second-order valence-electron chi connectivity index (χ2n) is 4.89. The van der Waals surface area contributed by atoms with E-state index in [1.165, 1.54) is 19.3 Å². The van der Waals surface area contributed by atoms with Gasteiger partial charge in [-0.3, -0.25) is 4.99 Å². The van der Waals surface area contributed by atoms with Gasteiger partial charge in [-0.2, -0.15) is 0 Å². The van der Waals surface area contributed by atoms with Gasteiger partial charge in [-0.1, -0.05) is 0 Å². The highest BCUT2D eigenvalue weighted by molar-refractivity contribution is 5.80. The van der Waals surface area contributed by atoms with Crippen molar-refractivity contribution < 1.29 is 9.47 Å². The van der Waals surface area contributed by atoms with Gasteiger partial charge in [-0.25, -0.2) is 0 Å². The third-order valence-corrected chi connectivity index (χ3v) is 3.10. The van der Waals surface area contributed by atoms with Crippen LogP contribution in [0.5, 0.6) is 0 Å². The molecule has 0 amide bonds. The summed E-state index contributed by atoms with van der Waals surface area (Å²) in [4.78, 5) is 4.49. The van der Waals surface area contributed by atoms with Crippen molar-refractivity contribution >= 4 is 5.96 Å². The van der Waals surface area contributed by atoms with Crippen LogP contribution in [0.15, 0.2) is 4.99 Å². The van der Waals surface area contributed by atoms with E-state index in [4.69, 9.17) is 9.47 Å². The molecule has 0 spiro atoms. The minimum Gasteiger partial charge on any atom is -0.377 e. The summed E-state index contributed by atoms with van der Waals surface area (Å²) in [7, 11) is 0. The second kappa shape index (κ2) is 7.59. The number of guanidine groups is 1. The molecule has 1 aliphatic carbocycles. The van der Waals surface area contributed by atoms with Gasteiger partial charge in [0.05, 0.1) is 25.9 Å². The van der Waals surface area contributed by atoms with Crippen molar-refractivity contribution in [2.45, 2.75) is 44.8 Å². The van der Waals surface area contributed by atoms with Gasteiger partial charge in [-0.05, 0) is 32.6 Å². The highest BCUT2D eigenvalue weighted by Gasteiger charge is 2.22. The summed E-state index contributed by atoms with van der Waals surface area (Å²) >= 11 is 0. The number of aliphatic imine (C=N–C) groups is 1. The molecule has 1 unspecified atom stereocenters. The minimum absolute atomic E-state index is 0.312. The van der Waals surface area contributed by atoms with Crippen LogP contribution < -0.4 is 10.6 Å². The molecule has 18 heavy (non-hydrogen) atoms. The molecule has 0 radical (unpaired) electrons. The molecule has 1 atom stereocenters. The third kappa shape index (κ3) is 5.23. The summed E-state index contributed by atoms with van der Waals surface area (Å²) in [6.45, 7) is 5.95. The molecule has 2 aliphatic rings. The van der Waals surface area contributed by atoms with Crippen LogP contribution in [-0.2, 0) is 9.47 Å². The van der Waals surface area contributed by atoms with E-state index in [1.54, 1.807) is 0 Å². The lowest BCUT2D eigenvalue weighted by Gasteiger charge is -2.11. The normalized spacial score (nSPS) is 24.3. The standard InChI is InChI=1S/C13H25N3O2/c1-2-14-13(16-11-5-6-11)15-7-9-17-10-12-4-3-8-18-12/h11-12H,2-10H2,1H3,(H2,14,15,16). The SMILES string of the molecule is CCNC(=NCCOCC1CCCO1)NC1CC1. The first-order valence-corrected chi connectivity index (χ1v) is 7.12. The molecule has 2 N–H and O–H groups in total. The number of hydrogen-bond acceptors (Lipinski definition) is 3. The van der Waals surface area contributed by atoms with Gasteiger partial charge in [0, 0.05) is 19.2 Å². The Morgan fingerprint density at radius 2 is 2.28 bits per heavy atom. The zero-order valence-electron chi connectivity index (χ0n) is 11.3. The predicted octanol–water partition coefficient (Wildman–Crippen LogP) is 0.899. The summed E-state index contributed by atoms with van der Waals surface area (Å²) < 4.78 is 11.1. The Morgan fingerprint density at radius 3 is 2.94 bits per heavy atom. The maximum absolute atomic E-state index is 5.58. The predicted molar refractivity (Wildman–Crippen MR) is 71.9 cm³/mol. The van der Waals surface area contributed by atoms with Crippen molar-refractivity contribution in [3.63, 3.8) is 0 Å². The molecule has 0 aromatic rings. The van der Waals surface area contributed by atoms with Gasteiger partial charge >= 0.3 is 0 Å². The van der Waals surface area contributed by atoms with E-state index in [-0.39, 0.29) is 0 Å². The van der Waals surface area contributed by atoms with E-state index in [9.17, 15) is 0 Å². The topological polar surface area (TPSA) is 54.9 Å². The molecule has 5 heteroatoms.